The van der Waals surface area contributed by atoms with Gasteiger partial charge in [0.15, 0.2) is 17.3 Å². The second-order valence-electron chi connectivity index (χ2n) is 5.30. The number of pyridine rings is 1. The molecule has 0 spiro atoms. The summed E-state index contributed by atoms with van der Waals surface area (Å²) >= 11 is 0. The van der Waals surface area contributed by atoms with Gasteiger partial charge in [0.1, 0.15) is 5.69 Å². The van der Waals surface area contributed by atoms with Crippen LogP contribution in [-0.4, -0.2) is 21.8 Å². The van der Waals surface area contributed by atoms with E-state index in [0.29, 0.717) is 17.1 Å². The number of ether oxygens (including phenoxy) is 1. The number of benzene rings is 1. The largest absolute Gasteiger partial charge is 0.452 e. The lowest BCUT2D eigenvalue weighted by molar-refractivity contribution is 0.440. The van der Waals surface area contributed by atoms with Gasteiger partial charge in [0.05, 0.1) is 5.69 Å². The maximum Gasteiger partial charge on any atom is 0.167 e. The normalized spacial score (nSPS) is 11.0. The molecule has 2 aromatic heterocycles. The van der Waals surface area contributed by atoms with Gasteiger partial charge in [-0.25, -0.2) is 4.39 Å². The number of halogens is 1. The van der Waals surface area contributed by atoms with Gasteiger partial charge < -0.3 is 15.8 Å². The molecule has 0 bridgehead atoms. The van der Waals surface area contributed by atoms with Gasteiger partial charge in [0.25, 0.3) is 0 Å². The molecule has 0 radical (unpaired) electrons. The minimum atomic E-state index is -0.472. The maximum absolute atomic E-state index is 14.2. The summed E-state index contributed by atoms with van der Waals surface area (Å²) in [4.78, 5) is 4.36. The number of hydrogen-bond donors (Lipinski definition) is 2. The smallest absolute Gasteiger partial charge is 0.167 e. The van der Waals surface area contributed by atoms with Crippen LogP contribution in [0.1, 0.15) is 5.69 Å². The second-order valence-corrected chi connectivity index (χ2v) is 5.30. The van der Waals surface area contributed by atoms with Crippen LogP contribution in [0.3, 0.4) is 0 Å². The number of aryl methyl sites for hydroxylation is 1. The van der Waals surface area contributed by atoms with Crippen LogP contribution in [0.25, 0.3) is 17.3 Å². The van der Waals surface area contributed by atoms with Crippen molar-refractivity contribution in [2.24, 2.45) is 12.8 Å². The van der Waals surface area contributed by atoms with E-state index in [1.165, 1.54) is 12.3 Å². The Kier molecular flexibility index (Phi) is 4.65. The molecule has 0 fully saturated rings. The van der Waals surface area contributed by atoms with Gasteiger partial charge in [-0.3, -0.25) is 9.67 Å². The average molecular weight is 339 g/mol. The van der Waals surface area contributed by atoms with E-state index in [-0.39, 0.29) is 5.75 Å². The minimum Gasteiger partial charge on any atom is -0.452 e. The van der Waals surface area contributed by atoms with Gasteiger partial charge in [0.2, 0.25) is 0 Å². The number of nitrogens with zero attached hydrogens (tertiary/aromatic N) is 3. The molecule has 3 aromatic rings. The van der Waals surface area contributed by atoms with Gasteiger partial charge in [-0.15, -0.1) is 0 Å². The van der Waals surface area contributed by atoms with Crippen LogP contribution < -0.4 is 15.8 Å². The number of nitrogens with two attached hydrogens (primary N) is 1. The van der Waals surface area contributed by atoms with Crippen LogP contribution in [0.15, 0.2) is 48.9 Å². The molecule has 3 rings (SSSR count). The summed E-state index contributed by atoms with van der Waals surface area (Å²) in [5.74, 6) is 0.0339. The van der Waals surface area contributed by atoms with Crippen molar-refractivity contribution < 1.29 is 9.13 Å². The van der Waals surface area contributed by atoms with E-state index in [1.807, 2.05) is 13.1 Å². The molecular formula is C18H18FN5O. The molecule has 7 heteroatoms. The lowest BCUT2D eigenvalue weighted by Crippen LogP contribution is -1.98. The third-order valence-corrected chi connectivity index (χ3v) is 3.69. The molecule has 0 amide bonds. The lowest BCUT2D eigenvalue weighted by Gasteiger charge is -2.12. The van der Waals surface area contributed by atoms with Crippen molar-refractivity contribution in [2.45, 2.75) is 0 Å². The number of anilines is 1. The van der Waals surface area contributed by atoms with Crippen LogP contribution in [0, 0.1) is 5.82 Å². The molecular weight excluding hydrogens is 321 g/mol. The predicted molar refractivity (Wildman–Crippen MR) is 95.7 cm³/mol. The zero-order valence-electron chi connectivity index (χ0n) is 13.9. The summed E-state index contributed by atoms with van der Waals surface area (Å²) in [6.07, 6.45) is 6.35. The lowest BCUT2D eigenvalue weighted by atomic mass is 10.1. The molecule has 3 N–H and O–H groups in total. The standard InChI is InChI=1S/C18H18FN5O/c1-21-13-3-4-17(14(19)10-13)25-18-9-12(11-22-15(18)5-7-20)16-6-8-23-24(16)2/h3-11,21H,20H2,1-2H3. The summed E-state index contributed by atoms with van der Waals surface area (Å²) in [6.45, 7) is 0. The molecule has 0 saturated heterocycles. The monoisotopic (exact) mass is 339 g/mol. The van der Waals surface area contributed by atoms with E-state index < -0.39 is 5.82 Å². The topological polar surface area (TPSA) is 78.0 Å². The highest BCUT2D eigenvalue weighted by Crippen LogP contribution is 2.32. The fourth-order valence-electron chi connectivity index (χ4n) is 2.41. The highest BCUT2D eigenvalue weighted by molar-refractivity contribution is 5.65. The second kappa shape index (κ2) is 7.04. The number of aromatic nitrogens is 3. The highest BCUT2D eigenvalue weighted by atomic mass is 19.1. The summed E-state index contributed by atoms with van der Waals surface area (Å²) in [5, 5.41) is 7.02. The predicted octanol–water partition coefficient (Wildman–Crippen LogP) is 3.38. The van der Waals surface area contributed by atoms with Gasteiger partial charge in [-0.2, -0.15) is 5.10 Å². The van der Waals surface area contributed by atoms with Gasteiger partial charge in [0, 0.05) is 43.8 Å². The van der Waals surface area contributed by atoms with E-state index in [0.717, 1.165) is 11.3 Å². The first-order valence-corrected chi connectivity index (χ1v) is 7.64. The van der Waals surface area contributed by atoms with Crippen molar-refractivity contribution in [3.8, 4) is 22.8 Å². The summed E-state index contributed by atoms with van der Waals surface area (Å²) in [7, 11) is 3.56. The number of nitrogens with one attached hydrogen (secondary N) is 1. The van der Waals surface area contributed by atoms with Crippen LogP contribution in [-0.2, 0) is 7.05 Å². The Morgan fingerprint density at radius 1 is 1.24 bits per heavy atom. The van der Waals surface area contributed by atoms with Crippen molar-refractivity contribution in [3.05, 3.63) is 60.4 Å². The molecule has 0 atom stereocenters. The first-order chi connectivity index (χ1) is 12.1. The van der Waals surface area contributed by atoms with E-state index in [2.05, 4.69) is 15.4 Å². The van der Waals surface area contributed by atoms with Crippen LogP contribution >= 0.6 is 0 Å². The van der Waals surface area contributed by atoms with E-state index >= 15 is 0 Å². The third-order valence-electron chi connectivity index (χ3n) is 3.69. The SMILES string of the molecule is CNc1ccc(Oc2cc(-c3ccnn3C)cnc2C=CN)c(F)c1. The van der Waals surface area contributed by atoms with Crippen molar-refractivity contribution in [3.63, 3.8) is 0 Å². The number of rotatable bonds is 5. The first kappa shape index (κ1) is 16.5. The Morgan fingerprint density at radius 3 is 2.72 bits per heavy atom. The Balaban J connectivity index is 2.02. The molecule has 0 aliphatic heterocycles. The highest BCUT2D eigenvalue weighted by Gasteiger charge is 2.12. The molecule has 0 aliphatic carbocycles. The van der Waals surface area contributed by atoms with Crippen molar-refractivity contribution in [1.29, 1.82) is 0 Å². The Bertz CT molecular complexity index is 920. The van der Waals surface area contributed by atoms with E-state index in [4.69, 9.17) is 10.5 Å². The molecule has 0 unspecified atom stereocenters. The Labute approximate surface area is 144 Å². The molecule has 1 aromatic carbocycles. The summed E-state index contributed by atoms with van der Waals surface area (Å²) in [6, 6.07) is 8.31. The summed E-state index contributed by atoms with van der Waals surface area (Å²) in [5.41, 5.74) is 8.31. The maximum atomic E-state index is 14.2. The van der Waals surface area contributed by atoms with E-state index in [1.54, 1.807) is 48.4 Å². The molecule has 25 heavy (non-hydrogen) atoms. The quantitative estimate of drug-likeness (QED) is 0.745. The zero-order valence-corrected chi connectivity index (χ0v) is 13.9. The molecule has 128 valence electrons. The summed E-state index contributed by atoms with van der Waals surface area (Å²) < 4.78 is 21.7. The van der Waals surface area contributed by atoms with Gasteiger partial charge in [-0.1, -0.05) is 0 Å². The molecule has 2 heterocycles. The van der Waals surface area contributed by atoms with Crippen molar-refractivity contribution in [2.75, 3.05) is 12.4 Å². The van der Waals surface area contributed by atoms with Crippen molar-refractivity contribution >= 4 is 11.8 Å². The molecule has 0 saturated carbocycles. The Morgan fingerprint density at radius 2 is 2.08 bits per heavy atom. The van der Waals surface area contributed by atoms with Gasteiger partial charge >= 0.3 is 0 Å². The Hall–Kier alpha value is -3.35. The number of hydrogen-bond acceptors (Lipinski definition) is 5. The minimum absolute atomic E-state index is 0.106. The van der Waals surface area contributed by atoms with Crippen LogP contribution in [0.5, 0.6) is 11.5 Å². The average Bonchev–Trinajstić information content (AvgIpc) is 3.04. The van der Waals surface area contributed by atoms with E-state index in [9.17, 15) is 4.39 Å². The first-order valence-electron chi connectivity index (χ1n) is 7.64. The van der Waals surface area contributed by atoms with Crippen LogP contribution in [0.4, 0.5) is 10.1 Å². The zero-order chi connectivity index (χ0) is 17.8. The molecule has 6 nitrogen and oxygen atoms in total. The molecule has 0 aliphatic rings. The van der Waals surface area contributed by atoms with Crippen LogP contribution in [0.2, 0.25) is 0 Å². The third kappa shape index (κ3) is 3.45. The van der Waals surface area contributed by atoms with Crippen molar-refractivity contribution in [1.82, 2.24) is 14.8 Å². The van der Waals surface area contributed by atoms with Gasteiger partial charge in [-0.05, 0) is 36.5 Å². The fourth-order valence-corrected chi connectivity index (χ4v) is 2.41. The fraction of sp³-hybridized carbons (Fsp3) is 0.111.